The van der Waals surface area contributed by atoms with Crippen LogP contribution in [0.2, 0.25) is 10.0 Å². The summed E-state index contributed by atoms with van der Waals surface area (Å²) >= 11 is 12.7. The van der Waals surface area contributed by atoms with Gasteiger partial charge >= 0.3 is 5.97 Å². The maximum atomic E-state index is 13.4. The van der Waals surface area contributed by atoms with Gasteiger partial charge in [-0.05, 0) is 26.0 Å². The van der Waals surface area contributed by atoms with Crippen LogP contribution < -0.4 is 10.1 Å². The molecule has 0 saturated carbocycles. The number of ether oxygens (including phenoxy) is 2. The molecule has 0 saturated heterocycles. The van der Waals surface area contributed by atoms with E-state index >= 15 is 0 Å². The van der Waals surface area contributed by atoms with E-state index in [0.29, 0.717) is 49.5 Å². The Bertz CT molecular complexity index is 1150. The van der Waals surface area contributed by atoms with Gasteiger partial charge in [-0.15, -0.1) is 0 Å². The second-order valence-corrected chi connectivity index (χ2v) is 7.83. The first-order valence-corrected chi connectivity index (χ1v) is 10.2. The lowest BCUT2D eigenvalue weighted by molar-refractivity contribution is -0.138. The summed E-state index contributed by atoms with van der Waals surface area (Å²) in [6, 6.07) is 10.6. The molecule has 1 aliphatic heterocycles. The van der Waals surface area contributed by atoms with Crippen molar-refractivity contribution in [2.75, 3.05) is 13.7 Å². The Kier molecular flexibility index (Phi) is 5.35. The molecule has 4 rings (SSSR count). The van der Waals surface area contributed by atoms with E-state index in [2.05, 4.69) is 5.32 Å². The summed E-state index contributed by atoms with van der Waals surface area (Å²) in [5.74, 6) is -1.06. The topological polar surface area (TPSA) is 64.6 Å². The number of hydrogen-bond acceptors (Lipinski definition) is 5. The summed E-state index contributed by atoms with van der Waals surface area (Å²) in [4.78, 5) is 26.4. The molecule has 2 aliphatic rings. The minimum atomic E-state index is -0.744. The smallest absolute Gasteiger partial charge is 0.336 e. The average molecular weight is 444 g/mol. The Balaban J connectivity index is 2.02. The highest BCUT2D eigenvalue weighted by Gasteiger charge is 2.44. The standard InChI is InChI=1S/C23H19Cl2NO4/c1-4-30-23(28)17-11(2)26-20-13-7-5-6-8-14(13)21(27)19(20)18(17)15-9-12(24)10-16(25)22(15)29-3/h5-10,18,26H,4H2,1-3H3/t18-/m1/s1. The first-order chi connectivity index (χ1) is 14.4. The number of benzene rings is 2. The fourth-order valence-corrected chi connectivity index (χ4v) is 4.72. The molecule has 154 valence electrons. The minimum absolute atomic E-state index is 0.162. The SMILES string of the molecule is CCOC(=O)C1=C(C)NC2=C(C(=O)c3ccccc32)[C@@H]1c1cc(Cl)cc(Cl)c1OC. The largest absolute Gasteiger partial charge is 0.495 e. The first-order valence-electron chi connectivity index (χ1n) is 9.45. The summed E-state index contributed by atoms with van der Waals surface area (Å²) in [7, 11) is 1.49. The van der Waals surface area contributed by atoms with Gasteiger partial charge in [0.15, 0.2) is 5.78 Å². The van der Waals surface area contributed by atoms with Crippen LogP contribution in [0.3, 0.4) is 0 Å². The first kappa shape index (κ1) is 20.5. The molecule has 1 aliphatic carbocycles. The molecule has 0 aromatic heterocycles. The van der Waals surface area contributed by atoms with Gasteiger partial charge in [-0.25, -0.2) is 4.79 Å². The van der Waals surface area contributed by atoms with E-state index in [0.717, 1.165) is 5.56 Å². The van der Waals surface area contributed by atoms with E-state index in [1.807, 2.05) is 18.2 Å². The normalized spacial score (nSPS) is 17.5. The van der Waals surface area contributed by atoms with Gasteiger partial charge in [0.2, 0.25) is 0 Å². The lowest BCUT2D eigenvalue weighted by atomic mass is 9.79. The van der Waals surface area contributed by atoms with E-state index in [1.54, 1.807) is 32.0 Å². The van der Waals surface area contributed by atoms with Crippen LogP contribution in [0.1, 0.15) is 41.3 Å². The number of carbonyl (C=O) groups excluding carboxylic acids is 2. The summed E-state index contributed by atoms with van der Waals surface area (Å²) in [5, 5.41) is 3.92. The van der Waals surface area contributed by atoms with Crippen molar-refractivity contribution >= 4 is 40.7 Å². The van der Waals surface area contributed by atoms with Gasteiger partial charge in [-0.1, -0.05) is 47.5 Å². The minimum Gasteiger partial charge on any atom is -0.495 e. The number of methoxy groups -OCH3 is 1. The van der Waals surface area contributed by atoms with Crippen LogP contribution >= 0.6 is 23.2 Å². The highest BCUT2D eigenvalue weighted by molar-refractivity contribution is 6.36. The average Bonchev–Trinajstić information content (AvgIpc) is 2.99. The molecule has 1 N–H and O–H groups in total. The quantitative estimate of drug-likeness (QED) is 0.663. The molecule has 2 aromatic carbocycles. The van der Waals surface area contributed by atoms with Crippen molar-refractivity contribution in [2.45, 2.75) is 19.8 Å². The molecule has 0 unspecified atom stereocenters. The van der Waals surface area contributed by atoms with Crippen molar-refractivity contribution in [2.24, 2.45) is 0 Å². The molecule has 5 nitrogen and oxygen atoms in total. The zero-order chi connectivity index (χ0) is 21.6. The Morgan fingerprint density at radius 3 is 2.53 bits per heavy atom. The number of nitrogens with one attached hydrogen (secondary N) is 1. The molecule has 1 heterocycles. The number of allylic oxidation sites excluding steroid dienone is 2. The zero-order valence-electron chi connectivity index (χ0n) is 16.6. The van der Waals surface area contributed by atoms with Gasteiger partial charge in [0.05, 0.1) is 35.9 Å². The molecular formula is C23H19Cl2NO4. The number of Topliss-reactive ketones (excluding diaryl/α,β-unsaturated/α-hetero) is 1. The van der Waals surface area contributed by atoms with Crippen molar-refractivity contribution < 1.29 is 19.1 Å². The van der Waals surface area contributed by atoms with Crippen molar-refractivity contribution in [1.82, 2.24) is 5.32 Å². The highest BCUT2D eigenvalue weighted by Crippen LogP contribution is 2.50. The van der Waals surface area contributed by atoms with Gasteiger partial charge in [-0.2, -0.15) is 0 Å². The number of hydrogen-bond donors (Lipinski definition) is 1. The summed E-state index contributed by atoms with van der Waals surface area (Å²) in [5.41, 5.74) is 3.94. The van der Waals surface area contributed by atoms with Crippen molar-refractivity contribution in [3.63, 3.8) is 0 Å². The maximum Gasteiger partial charge on any atom is 0.336 e. The molecule has 0 bridgehead atoms. The summed E-state index contributed by atoms with van der Waals surface area (Å²) in [6.07, 6.45) is 0. The van der Waals surface area contributed by atoms with Crippen LogP contribution in [-0.2, 0) is 9.53 Å². The fourth-order valence-electron chi connectivity index (χ4n) is 4.13. The Hall–Kier alpha value is -2.76. The summed E-state index contributed by atoms with van der Waals surface area (Å²) in [6.45, 7) is 3.72. The predicted molar refractivity (Wildman–Crippen MR) is 116 cm³/mol. The second-order valence-electron chi connectivity index (χ2n) is 6.99. The number of fused-ring (bicyclic) bond motifs is 2. The molecule has 30 heavy (non-hydrogen) atoms. The third kappa shape index (κ3) is 3.09. The number of rotatable bonds is 4. The van der Waals surface area contributed by atoms with Crippen LogP contribution in [0, 0.1) is 0 Å². The van der Waals surface area contributed by atoms with E-state index in [1.165, 1.54) is 7.11 Å². The second kappa shape index (κ2) is 7.82. The van der Waals surface area contributed by atoms with E-state index in [9.17, 15) is 9.59 Å². The van der Waals surface area contributed by atoms with Crippen LogP contribution in [0.15, 0.2) is 53.2 Å². The van der Waals surface area contributed by atoms with Gasteiger partial charge < -0.3 is 14.8 Å². The summed E-state index contributed by atoms with van der Waals surface area (Å²) < 4.78 is 10.9. The van der Waals surface area contributed by atoms with Gasteiger partial charge in [0.1, 0.15) is 5.75 Å². The van der Waals surface area contributed by atoms with E-state index in [-0.39, 0.29) is 12.4 Å². The van der Waals surface area contributed by atoms with Crippen molar-refractivity contribution in [1.29, 1.82) is 0 Å². The monoisotopic (exact) mass is 443 g/mol. The van der Waals surface area contributed by atoms with Gasteiger partial charge in [0, 0.05) is 33.0 Å². The van der Waals surface area contributed by atoms with Crippen molar-refractivity contribution in [3.8, 4) is 5.75 Å². The van der Waals surface area contributed by atoms with Crippen LogP contribution in [0.5, 0.6) is 5.75 Å². The van der Waals surface area contributed by atoms with Gasteiger partial charge in [-0.3, -0.25) is 4.79 Å². The Morgan fingerprint density at radius 1 is 1.17 bits per heavy atom. The Labute approximate surface area is 184 Å². The van der Waals surface area contributed by atoms with Gasteiger partial charge in [0.25, 0.3) is 0 Å². The van der Waals surface area contributed by atoms with Crippen molar-refractivity contribution in [3.05, 3.63) is 80.0 Å². The molecule has 0 fully saturated rings. The lowest BCUT2D eigenvalue weighted by Gasteiger charge is -2.30. The number of esters is 1. The molecular weight excluding hydrogens is 425 g/mol. The zero-order valence-corrected chi connectivity index (χ0v) is 18.1. The Morgan fingerprint density at radius 2 is 1.87 bits per heavy atom. The molecule has 0 radical (unpaired) electrons. The highest BCUT2D eigenvalue weighted by atomic mass is 35.5. The molecule has 2 aromatic rings. The van der Waals surface area contributed by atoms with E-state index in [4.69, 9.17) is 32.7 Å². The molecule has 1 atom stereocenters. The number of ketones is 1. The third-order valence-electron chi connectivity index (χ3n) is 5.30. The molecule has 0 amide bonds. The van der Waals surface area contributed by atoms with Crippen LogP contribution in [0.4, 0.5) is 0 Å². The maximum absolute atomic E-state index is 13.4. The van der Waals surface area contributed by atoms with E-state index < -0.39 is 11.9 Å². The lowest BCUT2D eigenvalue weighted by Crippen LogP contribution is -2.29. The number of carbonyl (C=O) groups is 2. The fraction of sp³-hybridized carbons (Fsp3) is 0.217. The molecule has 7 heteroatoms. The number of dihydropyridines is 1. The van der Waals surface area contributed by atoms with Crippen LogP contribution in [0.25, 0.3) is 5.70 Å². The third-order valence-corrected chi connectivity index (χ3v) is 5.80. The predicted octanol–water partition coefficient (Wildman–Crippen LogP) is 5.13. The van der Waals surface area contributed by atoms with Crippen LogP contribution in [-0.4, -0.2) is 25.5 Å². The number of halogens is 2. The molecule has 0 spiro atoms.